The molecule has 2 aliphatic rings. The molecule has 1 aromatic rings. The molecule has 3 heterocycles. The Balaban J connectivity index is 1.72. The number of carbonyl (C=O) groups is 2. The molecule has 0 aliphatic carbocycles. The van der Waals surface area contributed by atoms with Crippen LogP contribution in [0.5, 0.6) is 0 Å². The molecule has 0 saturated carbocycles. The maximum atomic E-state index is 12.6. The number of rotatable bonds is 4. The fourth-order valence-electron chi connectivity index (χ4n) is 4.00. The summed E-state index contributed by atoms with van der Waals surface area (Å²) in [5.41, 5.74) is 0.978. The van der Waals surface area contributed by atoms with Gasteiger partial charge in [0.25, 0.3) is 5.56 Å². The Morgan fingerprint density at radius 2 is 2.04 bits per heavy atom. The first-order chi connectivity index (χ1) is 11.8. The first-order valence-corrected chi connectivity index (χ1v) is 8.83. The van der Waals surface area contributed by atoms with Crippen LogP contribution in [0, 0.1) is 11.8 Å². The SMILES string of the molecule is CC(C)C[C@H](NC(=O)N1C[C@@H]2C[C@H](C1)c1cccc(=O)n1C2)C(=O)O. The number of hydrogen-bond acceptors (Lipinski definition) is 3. The van der Waals surface area contributed by atoms with Crippen molar-refractivity contribution in [3.05, 3.63) is 34.2 Å². The van der Waals surface area contributed by atoms with E-state index in [1.165, 1.54) is 0 Å². The van der Waals surface area contributed by atoms with E-state index < -0.39 is 12.0 Å². The molecule has 7 nitrogen and oxygen atoms in total. The quantitative estimate of drug-likeness (QED) is 0.863. The monoisotopic (exact) mass is 347 g/mol. The molecule has 2 bridgehead atoms. The second-order valence-corrected chi connectivity index (χ2v) is 7.57. The van der Waals surface area contributed by atoms with Gasteiger partial charge >= 0.3 is 12.0 Å². The predicted octanol–water partition coefficient (Wildman–Crippen LogP) is 1.48. The van der Waals surface area contributed by atoms with E-state index in [0.29, 0.717) is 26.1 Å². The van der Waals surface area contributed by atoms with Gasteiger partial charge in [-0.1, -0.05) is 19.9 Å². The topological polar surface area (TPSA) is 91.6 Å². The molecule has 136 valence electrons. The van der Waals surface area contributed by atoms with Gasteiger partial charge in [0.2, 0.25) is 0 Å². The molecule has 0 radical (unpaired) electrons. The molecule has 2 amide bonds. The molecule has 0 aromatic carbocycles. The van der Waals surface area contributed by atoms with Crippen LogP contribution < -0.4 is 10.9 Å². The summed E-state index contributed by atoms with van der Waals surface area (Å²) in [6.07, 6.45) is 1.36. The Kier molecular flexibility index (Phi) is 4.83. The summed E-state index contributed by atoms with van der Waals surface area (Å²) in [6, 6.07) is 4.08. The van der Waals surface area contributed by atoms with E-state index in [0.717, 1.165) is 12.1 Å². The maximum Gasteiger partial charge on any atom is 0.326 e. The molecule has 25 heavy (non-hydrogen) atoms. The average Bonchev–Trinajstić information content (AvgIpc) is 2.54. The molecule has 7 heteroatoms. The highest BCUT2D eigenvalue weighted by atomic mass is 16.4. The Morgan fingerprint density at radius 1 is 1.28 bits per heavy atom. The van der Waals surface area contributed by atoms with Crippen molar-refractivity contribution in [2.45, 2.75) is 45.2 Å². The lowest BCUT2D eigenvalue weighted by atomic mass is 9.83. The van der Waals surface area contributed by atoms with E-state index in [1.54, 1.807) is 17.0 Å². The summed E-state index contributed by atoms with van der Waals surface area (Å²) in [4.78, 5) is 37.7. The van der Waals surface area contributed by atoms with Crippen LogP contribution in [-0.2, 0) is 11.3 Å². The summed E-state index contributed by atoms with van der Waals surface area (Å²) in [5.74, 6) is -0.469. The van der Waals surface area contributed by atoms with Crippen molar-refractivity contribution in [3.8, 4) is 0 Å². The Hall–Kier alpha value is -2.31. The van der Waals surface area contributed by atoms with Gasteiger partial charge in [-0.2, -0.15) is 0 Å². The normalized spacial score (nSPS) is 23.1. The zero-order chi connectivity index (χ0) is 18.1. The molecule has 1 fully saturated rings. The standard InChI is InChI=1S/C18H25N3O4/c1-11(2)6-14(17(23)24)19-18(25)20-8-12-7-13(10-20)15-4-3-5-16(22)21(15)9-12/h3-5,11-14H,6-10H2,1-2H3,(H,19,25)(H,23,24)/t12-,13+,14-/m0/s1. The summed E-state index contributed by atoms with van der Waals surface area (Å²) in [6.45, 7) is 5.55. The van der Waals surface area contributed by atoms with Gasteiger partial charge < -0.3 is 19.9 Å². The van der Waals surface area contributed by atoms with E-state index in [9.17, 15) is 19.5 Å². The number of carboxylic acids is 1. The fourth-order valence-corrected chi connectivity index (χ4v) is 4.00. The van der Waals surface area contributed by atoms with Gasteiger partial charge in [-0.15, -0.1) is 0 Å². The molecule has 2 aliphatic heterocycles. The molecular formula is C18H25N3O4. The third-order valence-electron chi connectivity index (χ3n) is 5.07. The first-order valence-electron chi connectivity index (χ1n) is 8.83. The van der Waals surface area contributed by atoms with Crippen molar-refractivity contribution in [2.24, 2.45) is 11.8 Å². The lowest BCUT2D eigenvalue weighted by Gasteiger charge is -2.42. The van der Waals surface area contributed by atoms with Crippen LogP contribution in [0.15, 0.2) is 23.0 Å². The number of piperidine rings is 1. The third-order valence-corrected chi connectivity index (χ3v) is 5.07. The minimum absolute atomic E-state index is 0.00739. The van der Waals surface area contributed by atoms with Gasteiger partial charge in [0, 0.05) is 37.3 Å². The van der Waals surface area contributed by atoms with E-state index in [4.69, 9.17) is 0 Å². The van der Waals surface area contributed by atoms with E-state index in [1.807, 2.05) is 24.5 Å². The molecule has 1 saturated heterocycles. The number of carboxylic acid groups (broad SMARTS) is 1. The number of aliphatic carboxylic acids is 1. The van der Waals surface area contributed by atoms with Crippen molar-refractivity contribution in [1.82, 2.24) is 14.8 Å². The molecule has 3 atom stereocenters. The van der Waals surface area contributed by atoms with Crippen LogP contribution in [0.25, 0.3) is 0 Å². The van der Waals surface area contributed by atoms with Crippen molar-refractivity contribution in [1.29, 1.82) is 0 Å². The Bertz CT molecular complexity index is 727. The van der Waals surface area contributed by atoms with Crippen molar-refractivity contribution in [2.75, 3.05) is 13.1 Å². The summed E-state index contributed by atoms with van der Waals surface area (Å²) < 4.78 is 1.81. The van der Waals surface area contributed by atoms with Gasteiger partial charge in [0.1, 0.15) is 6.04 Å². The number of aromatic nitrogens is 1. The number of urea groups is 1. The molecule has 1 aromatic heterocycles. The number of fused-ring (bicyclic) bond motifs is 4. The minimum Gasteiger partial charge on any atom is -0.480 e. The number of likely N-dealkylation sites (tertiary alicyclic amines) is 1. The highest BCUT2D eigenvalue weighted by molar-refractivity contribution is 5.82. The van der Waals surface area contributed by atoms with Crippen molar-refractivity contribution in [3.63, 3.8) is 0 Å². The van der Waals surface area contributed by atoms with Crippen LogP contribution in [-0.4, -0.2) is 45.7 Å². The minimum atomic E-state index is -1.00. The molecular weight excluding hydrogens is 322 g/mol. The second-order valence-electron chi connectivity index (χ2n) is 7.57. The number of nitrogens with zero attached hydrogens (tertiary/aromatic N) is 2. The van der Waals surface area contributed by atoms with Gasteiger partial charge in [-0.3, -0.25) is 4.79 Å². The first kappa shape index (κ1) is 17.5. The zero-order valence-electron chi connectivity index (χ0n) is 14.6. The lowest BCUT2D eigenvalue weighted by Crippen LogP contribution is -2.54. The van der Waals surface area contributed by atoms with E-state index >= 15 is 0 Å². The highest BCUT2D eigenvalue weighted by Crippen LogP contribution is 2.34. The smallest absolute Gasteiger partial charge is 0.326 e. The molecule has 0 unspecified atom stereocenters. The molecule has 0 spiro atoms. The third kappa shape index (κ3) is 3.70. The van der Waals surface area contributed by atoms with Crippen LogP contribution in [0.3, 0.4) is 0 Å². The van der Waals surface area contributed by atoms with E-state index in [2.05, 4.69) is 5.32 Å². The van der Waals surface area contributed by atoms with Gasteiger partial charge in [-0.05, 0) is 30.7 Å². The molecule has 2 N–H and O–H groups in total. The average molecular weight is 347 g/mol. The summed E-state index contributed by atoms with van der Waals surface area (Å²) >= 11 is 0. The number of amides is 2. The molecule has 3 rings (SSSR count). The van der Waals surface area contributed by atoms with Crippen LogP contribution >= 0.6 is 0 Å². The van der Waals surface area contributed by atoms with Crippen molar-refractivity contribution < 1.29 is 14.7 Å². The van der Waals surface area contributed by atoms with Crippen LogP contribution in [0.4, 0.5) is 4.79 Å². The summed E-state index contributed by atoms with van der Waals surface area (Å²) in [7, 11) is 0. The van der Waals surface area contributed by atoms with Gasteiger partial charge in [0.05, 0.1) is 0 Å². The maximum absolute atomic E-state index is 12.6. The number of pyridine rings is 1. The van der Waals surface area contributed by atoms with Gasteiger partial charge in [0.15, 0.2) is 0 Å². The highest BCUT2D eigenvalue weighted by Gasteiger charge is 2.37. The van der Waals surface area contributed by atoms with Crippen molar-refractivity contribution >= 4 is 12.0 Å². The van der Waals surface area contributed by atoms with Crippen LogP contribution in [0.1, 0.15) is 38.3 Å². The Labute approximate surface area is 146 Å². The Morgan fingerprint density at radius 3 is 2.72 bits per heavy atom. The largest absolute Gasteiger partial charge is 0.480 e. The fraction of sp³-hybridized carbons (Fsp3) is 0.611. The lowest BCUT2D eigenvalue weighted by molar-refractivity contribution is -0.139. The van der Waals surface area contributed by atoms with Gasteiger partial charge in [-0.25, -0.2) is 9.59 Å². The predicted molar refractivity (Wildman–Crippen MR) is 92.5 cm³/mol. The van der Waals surface area contributed by atoms with E-state index in [-0.39, 0.29) is 29.3 Å². The second kappa shape index (κ2) is 6.90. The number of hydrogen-bond donors (Lipinski definition) is 2. The zero-order valence-corrected chi connectivity index (χ0v) is 14.6. The number of carbonyl (C=O) groups excluding carboxylic acids is 1. The number of nitrogens with one attached hydrogen (secondary N) is 1. The van der Waals surface area contributed by atoms with Crippen LogP contribution in [0.2, 0.25) is 0 Å². The summed E-state index contributed by atoms with van der Waals surface area (Å²) in [5, 5.41) is 12.0.